The Kier molecular flexibility index (Phi) is 22.1. The van der Waals surface area contributed by atoms with Crippen molar-refractivity contribution in [2.75, 3.05) is 4.90 Å². The summed E-state index contributed by atoms with van der Waals surface area (Å²) in [6, 6.07) is 67.7. The molecule has 0 bridgehead atoms. The molecule has 0 radical (unpaired) electrons. The standard InChI is InChI=1S/C93H102N2/c1-9-14-18-34-48-72-52-38-53-73(49-35-19-15-10-2)84(72)83-64-79(61-71-46-32-25-33-47-71)88-87-78(60-70-44-30-24-31-45-70)63-82-67(8)95(93-74(50-36-20-16-11-3)54-39-55-75(93)51-37-21-17-12-4)66(7)81-62-77(59-69-42-28-23-29-43-69)86(92(87)90(81)82)85-76(58-68-40-26-22-27-41-68)56-57-80(65(6)94-13-5)89(83)91(85)88/h13,22-33,38-47,52-55,57,62-64,94H,5-12,14-21,34-37,48-51,56,58-61H2,1-4H3. The zero-order valence-electron chi connectivity index (χ0n) is 57.9. The van der Waals surface area contributed by atoms with Gasteiger partial charge >= 0.3 is 0 Å². The highest BCUT2D eigenvalue weighted by atomic mass is 15.2. The fourth-order valence-corrected chi connectivity index (χ4v) is 16.2. The molecule has 1 heterocycles. The molecule has 10 aromatic carbocycles. The molecule has 484 valence electrons. The number of anilines is 1. The summed E-state index contributed by atoms with van der Waals surface area (Å²) in [7, 11) is 0. The van der Waals surface area contributed by atoms with E-state index in [1.165, 1.54) is 215 Å². The lowest BCUT2D eigenvalue weighted by Gasteiger charge is -2.39. The first-order valence-electron chi connectivity index (χ1n) is 36.7. The van der Waals surface area contributed by atoms with Gasteiger partial charge in [-0.15, -0.1) is 0 Å². The Morgan fingerprint density at radius 3 is 1.21 bits per heavy atom. The van der Waals surface area contributed by atoms with Crippen LogP contribution in [0.5, 0.6) is 0 Å². The lowest BCUT2D eigenvalue weighted by molar-refractivity contribution is 0.661. The minimum absolute atomic E-state index is 0.741. The molecule has 1 aliphatic carbocycles. The summed E-state index contributed by atoms with van der Waals surface area (Å²) in [4.78, 5) is 2.55. The van der Waals surface area contributed by atoms with Crippen LogP contribution in [0.25, 0.3) is 66.0 Å². The molecule has 0 unspecified atom stereocenters. The van der Waals surface area contributed by atoms with Crippen molar-refractivity contribution in [1.82, 2.24) is 5.32 Å². The lowest BCUT2D eigenvalue weighted by atomic mass is 9.75. The predicted molar refractivity (Wildman–Crippen MR) is 414 cm³/mol. The maximum atomic E-state index is 5.35. The number of benzene rings is 10. The highest BCUT2D eigenvalue weighted by Crippen LogP contribution is 2.54. The molecule has 0 atom stereocenters. The van der Waals surface area contributed by atoms with E-state index in [1.54, 1.807) is 0 Å². The fraction of sp³-hybridized carbons (Fsp3) is 0.312. The molecule has 1 N–H and O–H groups in total. The predicted octanol–water partition coefficient (Wildman–Crippen LogP) is 24.7. The molecule has 2 aliphatic rings. The van der Waals surface area contributed by atoms with E-state index in [0.717, 1.165) is 106 Å². The average Bonchev–Trinajstić information content (AvgIpc) is 1.46. The number of para-hydroxylation sites is 1. The molecule has 95 heavy (non-hydrogen) atoms. The van der Waals surface area contributed by atoms with Crippen molar-refractivity contribution in [2.45, 2.75) is 188 Å². The van der Waals surface area contributed by atoms with Crippen molar-refractivity contribution < 1.29 is 0 Å². The van der Waals surface area contributed by atoms with E-state index >= 15 is 0 Å². The quantitative estimate of drug-likeness (QED) is 0.0251. The number of hydrogen-bond donors (Lipinski definition) is 1. The molecule has 0 saturated carbocycles. The number of aryl methyl sites for hydroxylation is 4. The van der Waals surface area contributed by atoms with Gasteiger partial charge in [-0.1, -0.05) is 300 Å². The van der Waals surface area contributed by atoms with Gasteiger partial charge < -0.3 is 10.2 Å². The van der Waals surface area contributed by atoms with Gasteiger partial charge in [0.05, 0.1) is 5.69 Å². The van der Waals surface area contributed by atoms with Crippen molar-refractivity contribution in [1.29, 1.82) is 0 Å². The van der Waals surface area contributed by atoms with E-state index in [0.29, 0.717) is 0 Å². The van der Waals surface area contributed by atoms with Crippen LogP contribution >= 0.6 is 0 Å². The van der Waals surface area contributed by atoms with Crippen LogP contribution in [0, 0.1) is 0 Å². The zero-order chi connectivity index (χ0) is 65.6. The van der Waals surface area contributed by atoms with Gasteiger partial charge in [-0.05, 0) is 218 Å². The molecule has 0 fully saturated rings. The Morgan fingerprint density at radius 2 is 0.779 bits per heavy atom. The molecule has 0 aromatic heterocycles. The minimum atomic E-state index is 0.741. The van der Waals surface area contributed by atoms with Gasteiger partial charge in [-0.2, -0.15) is 0 Å². The third kappa shape index (κ3) is 14.3. The average molecular weight is 1250 g/mol. The summed E-state index contributed by atoms with van der Waals surface area (Å²) in [5.74, 6) is 0. The van der Waals surface area contributed by atoms with Gasteiger partial charge in [-0.3, -0.25) is 0 Å². The van der Waals surface area contributed by atoms with E-state index in [-0.39, 0.29) is 0 Å². The smallest absolute Gasteiger partial charge is 0.0525 e. The maximum absolute atomic E-state index is 5.35. The Labute approximate surface area is 570 Å². The SMILES string of the molecule is C=CNC(=C)C1=CCC(Cc2ccccc2)=c2c3c1c(-c1c(CCCCCC)cccc1CCCCCC)cc(Cc1ccccc1)c3c1c(Cc3ccccc3)cc3c4c(cc(Cc5ccccc5)c2c41)C(=C)N(c1c(CCCCCC)cccc1CCCCCC)C3=C. The minimum Gasteiger partial charge on any atom is -0.362 e. The third-order valence-electron chi connectivity index (χ3n) is 20.8. The molecule has 10 aromatic rings. The van der Waals surface area contributed by atoms with Crippen molar-refractivity contribution >= 4 is 60.5 Å². The van der Waals surface area contributed by atoms with Crippen LogP contribution in [-0.2, 0) is 51.4 Å². The second kappa shape index (κ2) is 31.7. The first-order valence-corrected chi connectivity index (χ1v) is 36.7. The Bertz CT molecular complexity index is 4380. The molecule has 12 rings (SSSR count). The van der Waals surface area contributed by atoms with Gasteiger partial charge in [0.1, 0.15) is 0 Å². The molecular weight excluding hydrogens is 1150 g/mol. The van der Waals surface area contributed by atoms with Crippen LogP contribution < -0.4 is 15.4 Å². The maximum Gasteiger partial charge on any atom is 0.0525 e. The van der Waals surface area contributed by atoms with Gasteiger partial charge in [0.15, 0.2) is 0 Å². The Morgan fingerprint density at radius 1 is 0.389 bits per heavy atom. The van der Waals surface area contributed by atoms with Crippen LogP contribution in [0.1, 0.15) is 215 Å². The summed E-state index contributed by atoms with van der Waals surface area (Å²) >= 11 is 0. The van der Waals surface area contributed by atoms with E-state index in [9.17, 15) is 0 Å². The molecule has 2 heteroatoms. The van der Waals surface area contributed by atoms with Gasteiger partial charge in [0, 0.05) is 39.2 Å². The first-order chi connectivity index (χ1) is 46.7. The highest BCUT2D eigenvalue weighted by molar-refractivity contribution is 6.31. The van der Waals surface area contributed by atoms with E-state index in [4.69, 9.17) is 19.7 Å². The lowest BCUT2D eigenvalue weighted by Crippen LogP contribution is -2.27. The van der Waals surface area contributed by atoms with Gasteiger partial charge in [0.2, 0.25) is 0 Å². The normalized spacial score (nSPS) is 12.9. The summed E-state index contributed by atoms with van der Waals surface area (Å²) in [5.41, 5.74) is 28.1. The molecule has 2 nitrogen and oxygen atoms in total. The number of rotatable bonds is 33. The number of nitrogens with zero attached hydrogens (tertiary/aromatic N) is 1. The third-order valence-corrected chi connectivity index (χ3v) is 20.8. The Balaban J connectivity index is 1.31. The second-order valence-corrected chi connectivity index (χ2v) is 27.5. The topological polar surface area (TPSA) is 15.3 Å². The van der Waals surface area contributed by atoms with Gasteiger partial charge in [-0.25, -0.2) is 0 Å². The number of unbranched alkanes of at least 4 members (excludes halogenated alkanes) is 12. The molecule has 0 spiro atoms. The van der Waals surface area contributed by atoms with Crippen LogP contribution in [0.15, 0.2) is 220 Å². The zero-order valence-corrected chi connectivity index (χ0v) is 57.9. The largest absolute Gasteiger partial charge is 0.362 e. The van der Waals surface area contributed by atoms with Gasteiger partial charge in [0.25, 0.3) is 0 Å². The van der Waals surface area contributed by atoms with E-state index in [1.807, 2.05) is 6.20 Å². The van der Waals surface area contributed by atoms with Crippen molar-refractivity contribution in [3.05, 3.63) is 303 Å². The molecule has 1 aliphatic heterocycles. The summed E-state index contributed by atoms with van der Waals surface area (Å²) in [6.45, 7) is 29.3. The molecule has 0 amide bonds. The monoisotopic (exact) mass is 1250 g/mol. The second-order valence-electron chi connectivity index (χ2n) is 27.5. The fourth-order valence-electron chi connectivity index (χ4n) is 16.2. The first kappa shape index (κ1) is 66.3. The number of allylic oxidation sites excluding steroid dienone is 2. The number of hydrogen-bond acceptors (Lipinski definition) is 2. The van der Waals surface area contributed by atoms with Crippen LogP contribution in [0.4, 0.5) is 5.69 Å². The van der Waals surface area contributed by atoms with Crippen LogP contribution in [0.2, 0.25) is 0 Å². The van der Waals surface area contributed by atoms with Crippen molar-refractivity contribution in [3.8, 4) is 11.1 Å². The van der Waals surface area contributed by atoms with E-state index in [2.05, 4.69) is 226 Å². The number of nitrogens with one attached hydrogen (secondary N) is 1. The van der Waals surface area contributed by atoms with E-state index < -0.39 is 0 Å². The van der Waals surface area contributed by atoms with Crippen molar-refractivity contribution in [2.24, 2.45) is 0 Å². The van der Waals surface area contributed by atoms with Crippen molar-refractivity contribution in [3.63, 3.8) is 0 Å². The molecular formula is C93H102N2. The van der Waals surface area contributed by atoms with Crippen LogP contribution in [0.3, 0.4) is 0 Å². The summed E-state index contributed by atoms with van der Waals surface area (Å²) < 4.78 is 0. The number of fused-ring (bicyclic) bond motifs is 2. The Hall–Kier alpha value is -8.72. The highest BCUT2D eigenvalue weighted by Gasteiger charge is 2.36. The summed E-state index contributed by atoms with van der Waals surface area (Å²) in [5, 5.41) is 13.0. The summed E-state index contributed by atoms with van der Waals surface area (Å²) in [6.07, 6.45) is 31.6. The molecule has 0 saturated heterocycles. The van der Waals surface area contributed by atoms with Crippen LogP contribution in [-0.4, -0.2) is 0 Å².